The van der Waals surface area contributed by atoms with E-state index in [0.717, 1.165) is 19.4 Å². The second kappa shape index (κ2) is 5.69. The molecule has 0 aromatic heterocycles. The summed E-state index contributed by atoms with van der Waals surface area (Å²) in [5.74, 6) is 0.365. The van der Waals surface area contributed by atoms with Crippen LogP contribution in [0.5, 0.6) is 5.75 Å². The SMILES string of the molecule is COc1ccccc1S(=O)(=O)NC[C@H]1CCCN1. The molecule has 2 rings (SSSR count). The van der Waals surface area contributed by atoms with Crippen molar-refractivity contribution in [1.82, 2.24) is 10.0 Å². The Morgan fingerprint density at radius 1 is 1.44 bits per heavy atom. The molecule has 0 spiro atoms. The summed E-state index contributed by atoms with van der Waals surface area (Å²) in [5, 5.41) is 3.25. The Hall–Kier alpha value is -1.11. The fourth-order valence-corrected chi connectivity index (χ4v) is 3.31. The van der Waals surface area contributed by atoms with E-state index in [4.69, 9.17) is 4.74 Å². The molecule has 1 heterocycles. The van der Waals surface area contributed by atoms with E-state index in [-0.39, 0.29) is 10.9 Å². The van der Waals surface area contributed by atoms with Crippen molar-refractivity contribution in [2.45, 2.75) is 23.8 Å². The fraction of sp³-hybridized carbons (Fsp3) is 0.500. The molecular weight excluding hydrogens is 252 g/mol. The van der Waals surface area contributed by atoms with Gasteiger partial charge in [-0.25, -0.2) is 13.1 Å². The van der Waals surface area contributed by atoms with Gasteiger partial charge < -0.3 is 10.1 Å². The minimum atomic E-state index is -3.51. The van der Waals surface area contributed by atoms with Crippen molar-refractivity contribution in [3.05, 3.63) is 24.3 Å². The predicted molar refractivity (Wildman–Crippen MR) is 69.2 cm³/mol. The van der Waals surface area contributed by atoms with Gasteiger partial charge >= 0.3 is 0 Å². The highest BCUT2D eigenvalue weighted by atomic mass is 32.2. The van der Waals surface area contributed by atoms with Gasteiger partial charge in [0.2, 0.25) is 10.0 Å². The van der Waals surface area contributed by atoms with Crippen molar-refractivity contribution in [3.8, 4) is 5.75 Å². The molecule has 0 amide bonds. The summed E-state index contributed by atoms with van der Waals surface area (Å²) in [6, 6.07) is 6.85. The van der Waals surface area contributed by atoms with Gasteiger partial charge in [0.05, 0.1) is 7.11 Å². The smallest absolute Gasteiger partial charge is 0.244 e. The Morgan fingerprint density at radius 2 is 2.22 bits per heavy atom. The third kappa shape index (κ3) is 3.01. The minimum Gasteiger partial charge on any atom is -0.495 e. The number of para-hydroxylation sites is 1. The Balaban J connectivity index is 2.09. The van der Waals surface area contributed by atoms with Crippen molar-refractivity contribution in [2.75, 3.05) is 20.2 Å². The first-order chi connectivity index (χ1) is 8.63. The van der Waals surface area contributed by atoms with Gasteiger partial charge in [0.1, 0.15) is 10.6 Å². The molecule has 5 nitrogen and oxygen atoms in total. The molecule has 1 aliphatic heterocycles. The van der Waals surface area contributed by atoms with Crippen LogP contribution in [0, 0.1) is 0 Å². The highest BCUT2D eigenvalue weighted by molar-refractivity contribution is 7.89. The molecule has 0 unspecified atom stereocenters. The van der Waals surface area contributed by atoms with Crippen LogP contribution in [-0.2, 0) is 10.0 Å². The lowest BCUT2D eigenvalue weighted by molar-refractivity contribution is 0.402. The second-order valence-corrected chi connectivity index (χ2v) is 6.03. The summed E-state index contributed by atoms with van der Waals surface area (Å²) >= 11 is 0. The maximum atomic E-state index is 12.1. The number of benzene rings is 1. The predicted octanol–water partition coefficient (Wildman–Crippen LogP) is 0.725. The first kappa shape index (κ1) is 13.3. The first-order valence-corrected chi connectivity index (χ1v) is 7.48. The molecule has 1 aromatic rings. The van der Waals surface area contributed by atoms with Crippen LogP contribution >= 0.6 is 0 Å². The zero-order valence-corrected chi connectivity index (χ0v) is 11.2. The van der Waals surface area contributed by atoms with Gasteiger partial charge in [-0.2, -0.15) is 0 Å². The molecule has 1 aliphatic rings. The van der Waals surface area contributed by atoms with Crippen LogP contribution in [0.2, 0.25) is 0 Å². The summed E-state index contributed by atoms with van der Waals surface area (Å²) in [5.41, 5.74) is 0. The van der Waals surface area contributed by atoms with E-state index in [2.05, 4.69) is 10.0 Å². The zero-order chi connectivity index (χ0) is 13.0. The number of ether oxygens (including phenoxy) is 1. The highest BCUT2D eigenvalue weighted by Crippen LogP contribution is 2.22. The second-order valence-electron chi connectivity index (χ2n) is 4.30. The van der Waals surface area contributed by atoms with Gasteiger partial charge in [-0.1, -0.05) is 12.1 Å². The van der Waals surface area contributed by atoms with Crippen LogP contribution in [-0.4, -0.2) is 34.7 Å². The number of hydrogen-bond acceptors (Lipinski definition) is 4. The van der Waals surface area contributed by atoms with Gasteiger partial charge in [-0.3, -0.25) is 0 Å². The third-order valence-corrected chi connectivity index (χ3v) is 4.50. The van der Waals surface area contributed by atoms with Gasteiger partial charge in [-0.15, -0.1) is 0 Å². The molecule has 0 aliphatic carbocycles. The summed E-state index contributed by atoms with van der Waals surface area (Å²) in [4.78, 5) is 0.186. The van der Waals surface area contributed by atoms with Gasteiger partial charge in [0, 0.05) is 12.6 Å². The van der Waals surface area contributed by atoms with Crippen LogP contribution in [0.4, 0.5) is 0 Å². The molecule has 0 bridgehead atoms. The van der Waals surface area contributed by atoms with Crippen molar-refractivity contribution in [2.24, 2.45) is 0 Å². The van der Waals surface area contributed by atoms with E-state index in [1.54, 1.807) is 24.3 Å². The fourth-order valence-electron chi connectivity index (χ4n) is 2.06. The summed E-state index contributed by atoms with van der Waals surface area (Å²) in [6.45, 7) is 1.38. The van der Waals surface area contributed by atoms with E-state index >= 15 is 0 Å². The molecule has 1 atom stereocenters. The Morgan fingerprint density at radius 3 is 2.89 bits per heavy atom. The molecule has 0 saturated carbocycles. The number of nitrogens with one attached hydrogen (secondary N) is 2. The molecule has 0 radical (unpaired) electrons. The Kier molecular flexibility index (Phi) is 4.21. The number of sulfonamides is 1. The summed E-state index contributed by atoms with van der Waals surface area (Å²) < 4.78 is 32.0. The highest BCUT2D eigenvalue weighted by Gasteiger charge is 2.21. The maximum absolute atomic E-state index is 12.1. The lowest BCUT2D eigenvalue weighted by Gasteiger charge is -2.13. The van der Waals surface area contributed by atoms with Crippen LogP contribution in [0.25, 0.3) is 0 Å². The number of rotatable bonds is 5. The van der Waals surface area contributed by atoms with E-state index in [0.29, 0.717) is 12.3 Å². The normalized spacial score (nSPS) is 19.9. The Bertz CT molecular complexity index is 496. The summed E-state index contributed by atoms with van der Waals surface area (Å²) in [6.07, 6.45) is 2.11. The lowest BCUT2D eigenvalue weighted by Crippen LogP contribution is -2.37. The molecule has 18 heavy (non-hydrogen) atoms. The van der Waals surface area contributed by atoms with E-state index in [1.807, 2.05) is 0 Å². The largest absolute Gasteiger partial charge is 0.495 e. The van der Waals surface area contributed by atoms with Crippen LogP contribution < -0.4 is 14.8 Å². The van der Waals surface area contributed by atoms with Gasteiger partial charge in [-0.05, 0) is 31.5 Å². The number of methoxy groups -OCH3 is 1. The average molecular weight is 270 g/mol. The topological polar surface area (TPSA) is 67.4 Å². The van der Waals surface area contributed by atoms with Crippen molar-refractivity contribution in [1.29, 1.82) is 0 Å². The van der Waals surface area contributed by atoms with Crippen LogP contribution in [0.3, 0.4) is 0 Å². The van der Waals surface area contributed by atoms with Crippen molar-refractivity contribution < 1.29 is 13.2 Å². The minimum absolute atomic E-state index is 0.186. The zero-order valence-electron chi connectivity index (χ0n) is 10.3. The van der Waals surface area contributed by atoms with Crippen LogP contribution in [0.15, 0.2) is 29.2 Å². The van der Waals surface area contributed by atoms with Crippen molar-refractivity contribution in [3.63, 3.8) is 0 Å². The van der Waals surface area contributed by atoms with E-state index in [1.165, 1.54) is 7.11 Å². The quantitative estimate of drug-likeness (QED) is 0.827. The Labute approximate surface area is 108 Å². The summed E-state index contributed by atoms with van der Waals surface area (Å²) in [7, 11) is -2.04. The molecule has 2 N–H and O–H groups in total. The molecule has 1 aromatic carbocycles. The molecule has 1 fully saturated rings. The monoisotopic (exact) mass is 270 g/mol. The van der Waals surface area contributed by atoms with Gasteiger partial charge in [0.25, 0.3) is 0 Å². The molecule has 1 saturated heterocycles. The van der Waals surface area contributed by atoms with Crippen molar-refractivity contribution >= 4 is 10.0 Å². The standard InChI is InChI=1S/C12H18N2O3S/c1-17-11-6-2-3-7-12(11)18(15,16)14-9-10-5-4-8-13-10/h2-3,6-7,10,13-14H,4-5,8-9H2,1H3/t10-/m1/s1. The number of hydrogen-bond donors (Lipinski definition) is 2. The van der Waals surface area contributed by atoms with E-state index in [9.17, 15) is 8.42 Å². The third-order valence-electron chi connectivity index (χ3n) is 3.04. The van der Waals surface area contributed by atoms with Gasteiger partial charge in [0.15, 0.2) is 0 Å². The molecule has 100 valence electrons. The van der Waals surface area contributed by atoms with Crippen LogP contribution in [0.1, 0.15) is 12.8 Å². The average Bonchev–Trinajstić information content (AvgIpc) is 2.89. The maximum Gasteiger partial charge on any atom is 0.244 e. The first-order valence-electron chi connectivity index (χ1n) is 5.99. The molecule has 6 heteroatoms. The molecular formula is C12H18N2O3S. The van der Waals surface area contributed by atoms with E-state index < -0.39 is 10.0 Å². The lowest BCUT2D eigenvalue weighted by atomic mass is 10.2.